The van der Waals surface area contributed by atoms with Crippen LogP contribution in [0.25, 0.3) is 5.69 Å². The number of nitrogens with zero attached hydrogens (tertiary/aromatic N) is 7. The first kappa shape index (κ1) is 23.9. The molecule has 186 valence electrons. The van der Waals surface area contributed by atoms with Crippen LogP contribution in [0.5, 0.6) is 0 Å². The Morgan fingerprint density at radius 1 is 0.917 bits per heavy atom. The molecular weight excluding hydrogens is 493 g/mol. The van der Waals surface area contributed by atoms with Crippen molar-refractivity contribution in [2.24, 2.45) is 0 Å². The van der Waals surface area contributed by atoms with Gasteiger partial charge in [0.05, 0.1) is 16.9 Å². The Balaban J connectivity index is 1.25. The van der Waals surface area contributed by atoms with E-state index < -0.39 is 11.7 Å². The largest absolute Gasteiger partial charge is 0.416 e. The average Bonchev–Trinajstić information content (AvgIpc) is 3.36. The minimum Gasteiger partial charge on any atom is -0.368 e. The maximum absolute atomic E-state index is 13.1. The lowest BCUT2D eigenvalue weighted by Crippen LogP contribution is -2.47. The van der Waals surface area contributed by atoms with E-state index >= 15 is 0 Å². The van der Waals surface area contributed by atoms with Crippen LogP contribution in [0, 0.1) is 0 Å². The van der Waals surface area contributed by atoms with Crippen LogP contribution >= 0.6 is 11.8 Å². The molecule has 0 amide bonds. The average molecular weight is 515 g/mol. The van der Waals surface area contributed by atoms with Crippen molar-refractivity contribution in [2.45, 2.75) is 17.1 Å². The van der Waals surface area contributed by atoms with Crippen molar-refractivity contribution in [3.63, 3.8) is 0 Å². The highest BCUT2D eigenvalue weighted by Crippen LogP contribution is 2.32. The van der Waals surface area contributed by atoms with Crippen LogP contribution in [0.2, 0.25) is 0 Å². The molecule has 9 nitrogen and oxygen atoms in total. The number of aromatic amines is 1. The van der Waals surface area contributed by atoms with E-state index in [-0.39, 0.29) is 5.56 Å². The number of aromatic nitrogens is 6. The second kappa shape index (κ2) is 10.0. The minimum atomic E-state index is -4.38. The van der Waals surface area contributed by atoms with Gasteiger partial charge in [0.2, 0.25) is 11.1 Å². The highest BCUT2D eigenvalue weighted by molar-refractivity contribution is 7.98. The molecule has 0 atom stereocenters. The van der Waals surface area contributed by atoms with Crippen molar-refractivity contribution in [1.29, 1.82) is 0 Å². The predicted molar refractivity (Wildman–Crippen MR) is 129 cm³/mol. The molecule has 2 aromatic carbocycles. The monoisotopic (exact) mass is 514 g/mol. The van der Waals surface area contributed by atoms with E-state index in [4.69, 9.17) is 0 Å². The van der Waals surface area contributed by atoms with E-state index in [0.717, 1.165) is 17.8 Å². The third-order valence-electron chi connectivity index (χ3n) is 5.69. The van der Waals surface area contributed by atoms with E-state index in [1.165, 1.54) is 23.9 Å². The summed E-state index contributed by atoms with van der Waals surface area (Å²) < 4.78 is 40.8. The summed E-state index contributed by atoms with van der Waals surface area (Å²) in [6.07, 6.45) is -4.38. The van der Waals surface area contributed by atoms with Crippen LogP contribution in [0.15, 0.2) is 70.6 Å². The number of nitrogens with one attached hydrogen (secondary N) is 1. The Bertz CT molecular complexity index is 1380. The molecule has 0 aliphatic carbocycles. The zero-order chi connectivity index (χ0) is 25.1. The van der Waals surface area contributed by atoms with Gasteiger partial charge < -0.3 is 9.80 Å². The van der Waals surface area contributed by atoms with Crippen LogP contribution in [0.3, 0.4) is 0 Å². The molecule has 13 heteroatoms. The van der Waals surface area contributed by atoms with Gasteiger partial charge in [0.15, 0.2) is 0 Å². The predicted octanol–water partition coefficient (Wildman–Crippen LogP) is 3.38. The number of halogens is 3. The summed E-state index contributed by atoms with van der Waals surface area (Å²) in [5, 5.41) is 12.4. The lowest BCUT2D eigenvalue weighted by atomic mass is 10.1. The fourth-order valence-corrected chi connectivity index (χ4v) is 4.69. The quantitative estimate of drug-likeness (QED) is 0.392. The van der Waals surface area contributed by atoms with Gasteiger partial charge in [0.25, 0.3) is 5.56 Å². The van der Waals surface area contributed by atoms with Crippen molar-refractivity contribution in [3.05, 3.63) is 82.3 Å². The van der Waals surface area contributed by atoms with E-state index in [9.17, 15) is 18.0 Å². The third-order valence-corrected chi connectivity index (χ3v) is 6.64. The molecule has 3 heterocycles. The SMILES string of the molecule is O=c1cc(CSc2nnnn2-c2ccccc2)nc(N2CCN(c3cccc(C(F)(F)F)c3)CC2)[nH]1. The highest BCUT2D eigenvalue weighted by atomic mass is 32.2. The van der Waals surface area contributed by atoms with Crippen molar-refractivity contribution in [3.8, 4) is 5.69 Å². The van der Waals surface area contributed by atoms with Gasteiger partial charge in [-0.1, -0.05) is 36.0 Å². The lowest BCUT2D eigenvalue weighted by molar-refractivity contribution is -0.137. The molecule has 1 fully saturated rings. The van der Waals surface area contributed by atoms with Gasteiger partial charge in [-0.05, 0) is 40.8 Å². The third kappa shape index (κ3) is 5.35. The van der Waals surface area contributed by atoms with Gasteiger partial charge in [-0.2, -0.15) is 17.9 Å². The Morgan fingerprint density at radius 3 is 2.39 bits per heavy atom. The van der Waals surface area contributed by atoms with Crippen LogP contribution in [-0.2, 0) is 11.9 Å². The number of para-hydroxylation sites is 1. The number of tetrazole rings is 1. The van der Waals surface area contributed by atoms with Crippen LogP contribution in [0.1, 0.15) is 11.3 Å². The van der Waals surface area contributed by atoms with E-state index in [2.05, 4.69) is 25.5 Å². The summed E-state index contributed by atoms with van der Waals surface area (Å²) in [6, 6.07) is 16.2. The van der Waals surface area contributed by atoms with Crippen LogP contribution < -0.4 is 15.4 Å². The van der Waals surface area contributed by atoms with Crippen LogP contribution in [-0.4, -0.2) is 56.4 Å². The second-order valence-electron chi connectivity index (χ2n) is 8.08. The molecule has 1 saturated heterocycles. The molecule has 1 aliphatic rings. The Hall–Kier alpha value is -3.87. The summed E-state index contributed by atoms with van der Waals surface area (Å²) >= 11 is 1.36. The molecule has 0 spiro atoms. The van der Waals surface area contributed by atoms with E-state index in [1.54, 1.807) is 10.7 Å². The molecule has 0 radical (unpaired) electrons. The van der Waals surface area contributed by atoms with Crippen molar-refractivity contribution in [2.75, 3.05) is 36.0 Å². The van der Waals surface area contributed by atoms with Crippen molar-refractivity contribution >= 4 is 23.4 Å². The van der Waals surface area contributed by atoms with E-state index in [0.29, 0.717) is 54.4 Å². The maximum atomic E-state index is 13.1. The van der Waals surface area contributed by atoms with Gasteiger partial charge in [0.1, 0.15) is 0 Å². The standard InChI is InChI=1S/C23H21F3N8OS/c24-23(25,26)16-5-4-8-19(13-16)32-9-11-33(12-10-32)21-27-17(14-20(35)28-21)15-36-22-29-30-31-34(22)18-6-2-1-3-7-18/h1-8,13-14H,9-12,15H2,(H,27,28,35). The fraction of sp³-hybridized carbons (Fsp3) is 0.261. The molecule has 0 bridgehead atoms. The number of piperazine rings is 1. The van der Waals surface area contributed by atoms with Gasteiger partial charge in [-0.25, -0.2) is 4.98 Å². The molecule has 4 aromatic rings. The van der Waals surface area contributed by atoms with Gasteiger partial charge in [-0.15, -0.1) is 5.10 Å². The maximum Gasteiger partial charge on any atom is 0.416 e. The zero-order valence-corrected chi connectivity index (χ0v) is 19.7. The van der Waals surface area contributed by atoms with Gasteiger partial charge in [-0.3, -0.25) is 9.78 Å². The number of rotatable bonds is 6. The van der Waals surface area contributed by atoms with Crippen LogP contribution in [0.4, 0.5) is 24.8 Å². The van der Waals surface area contributed by atoms with E-state index in [1.807, 2.05) is 40.1 Å². The second-order valence-corrected chi connectivity index (χ2v) is 9.02. The lowest BCUT2D eigenvalue weighted by Gasteiger charge is -2.36. The number of alkyl halides is 3. The summed E-state index contributed by atoms with van der Waals surface area (Å²) in [5.41, 5.74) is 0.965. The molecule has 2 aromatic heterocycles. The number of thioether (sulfide) groups is 1. The summed E-state index contributed by atoms with van der Waals surface area (Å²) in [7, 11) is 0. The van der Waals surface area contributed by atoms with Crippen molar-refractivity contribution in [1.82, 2.24) is 30.2 Å². The molecular formula is C23H21F3N8OS. The Labute approximate surface area is 208 Å². The number of hydrogen-bond donors (Lipinski definition) is 1. The topological polar surface area (TPSA) is 95.8 Å². The fourth-order valence-electron chi connectivity index (χ4n) is 3.91. The first-order valence-electron chi connectivity index (χ1n) is 11.1. The Kier molecular flexibility index (Phi) is 6.63. The zero-order valence-electron chi connectivity index (χ0n) is 18.9. The first-order valence-corrected chi connectivity index (χ1v) is 12.1. The molecule has 5 rings (SSSR count). The van der Waals surface area contributed by atoms with Crippen molar-refractivity contribution < 1.29 is 13.2 Å². The number of benzene rings is 2. The number of anilines is 2. The molecule has 1 N–H and O–H groups in total. The highest BCUT2D eigenvalue weighted by Gasteiger charge is 2.31. The molecule has 0 saturated carbocycles. The normalized spacial score (nSPS) is 14.3. The first-order chi connectivity index (χ1) is 17.4. The van der Waals surface area contributed by atoms with Gasteiger partial charge in [0, 0.05) is 43.7 Å². The van der Waals surface area contributed by atoms with Gasteiger partial charge >= 0.3 is 6.18 Å². The number of hydrogen-bond acceptors (Lipinski definition) is 8. The number of H-pyrrole nitrogens is 1. The molecule has 0 unspecified atom stereocenters. The molecule has 1 aliphatic heterocycles. The summed E-state index contributed by atoms with van der Waals surface area (Å²) in [5.74, 6) is 0.818. The molecule has 36 heavy (non-hydrogen) atoms. The smallest absolute Gasteiger partial charge is 0.368 e. The summed E-state index contributed by atoms with van der Waals surface area (Å²) in [6.45, 7) is 2.00. The Morgan fingerprint density at radius 2 is 1.64 bits per heavy atom. The summed E-state index contributed by atoms with van der Waals surface area (Å²) in [4.78, 5) is 23.5. The minimum absolute atomic E-state index is 0.279.